The van der Waals surface area contributed by atoms with Crippen molar-refractivity contribution in [2.45, 2.75) is 17.7 Å². The molecule has 0 radical (unpaired) electrons. The van der Waals surface area contributed by atoms with Crippen LogP contribution in [-0.4, -0.2) is 35.8 Å². The van der Waals surface area contributed by atoms with Gasteiger partial charge in [0.1, 0.15) is 9.92 Å². The standard InChI is InChI=1S/C14H14Cl2N4O2S/c15-10-9-17-14(16)19-13(10)18-11-5-1-2-6-12(11)23(21,22)20-7-3-4-8-20/h1-2,5-6,9H,3-4,7-8H2,(H,17,18,19). The average molecular weight is 373 g/mol. The average Bonchev–Trinajstić information content (AvgIpc) is 3.06. The number of para-hydroxylation sites is 1. The Morgan fingerprint density at radius 1 is 1.13 bits per heavy atom. The van der Waals surface area contributed by atoms with Gasteiger partial charge in [0.05, 0.1) is 11.9 Å². The van der Waals surface area contributed by atoms with E-state index in [2.05, 4.69) is 15.3 Å². The number of sulfonamides is 1. The molecule has 1 aromatic carbocycles. The van der Waals surface area contributed by atoms with Crippen LogP contribution in [0.5, 0.6) is 0 Å². The highest BCUT2D eigenvalue weighted by Gasteiger charge is 2.29. The summed E-state index contributed by atoms with van der Waals surface area (Å²) in [6.45, 7) is 1.08. The molecule has 1 N–H and O–H groups in total. The lowest BCUT2D eigenvalue weighted by Gasteiger charge is -2.18. The van der Waals surface area contributed by atoms with Gasteiger partial charge in [0, 0.05) is 13.1 Å². The van der Waals surface area contributed by atoms with Gasteiger partial charge < -0.3 is 5.32 Å². The first-order valence-corrected chi connectivity index (χ1v) is 9.22. The maximum atomic E-state index is 12.8. The van der Waals surface area contributed by atoms with E-state index in [1.165, 1.54) is 10.5 Å². The van der Waals surface area contributed by atoms with Gasteiger partial charge >= 0.3 is 0 Å². The van der Waals surface area contributed by atoms with E-state index in [4.69, 9.17) is 23.2 Å². The lowest BCUT2D eigenvalue weighted by molar-refractivity contribution is 0.478. The fourth-order valence-electron chi connectivity index (χ4n) is 2.42. The second-order valence-electron chi connectivity index (χ2n) is 5.07. The number of nitrogens with zero attached hydrogens (tertiary/aromatic N) is 3. The summed E-state index contributed by atoms with van der Waals surface area (Å²) in [6.07, 6.45) is 3.11. The van der Waals surface area contributed by atoms with Gasteiger partial charge in [-0.05, 0) is 36.6 Å². The predicted octanol–water partition coefficient (Wildman–Crippen LogP) is 3.31. The molecule has 122 valence electrons. The maximum absolute atomic E-state index is 12.8. The molecular formula is C14H14Cl2N4O2S. The highest BCUT2D eigenvalue weighted by atomic mass is 35.5. The third-order valence-corrected chi connectivity index (χ3v) is 5.95. The van der Waals surface area contributed by atoms with Crippen LogP contribution in [0.4, 0.5) is 11.5 Å². The third kappa shape index (κ3) is 3.42. The van der Waals surface area contributed by atoms with Gasteiger partial charge in [0.25, 0.3) is 0 Å². The molecule has 1 aliphatic heterocycles. The highest BCUT2D eigenvalue weighted by molar-refractivity contribution is 7.89. The molecule has 0 unspecified atom stereocenters. The van der Waals surface area contributed by atoms with Crippen molar-refractivity contribution in [3.8, 4) is 0 Å². The number of aromatic nitrogens is 2. The Bertz CT molecular complexity index is 823. The molecule has 0 spiro atoms. The van der Waals surface area contributed by atoms with Crippen LogP contribution < -0.4 is 5.32 Å². The van der Waals surface area contributed by atoms with Crippen LogP contribution >= 0.6 is 23.2 Å². The number of hydrogen-bond donors (Lipinski definition) is 1. The van der Waals surface area contributed by atoms with Crippen LogP contribution in [0.1, 0.15) is 12.8 Å². The first kappa shape index (κ1) is 16.4. The smallest absolute Gasteiger partial charge is 0.245 e. The van der Waals surface area contributed by atoms with Crippen LogP contribution in [-0.2, 0) is 10.0 Å². The van der Waals surface area contributed by atoms with Crippen LogP contribution in [0.3, 0.4) is 0 Å². The van der Waals surface area contributed by atoms with Crippen molar-refractivity contribution in [2.75, 3.05) is 18.4 Å². The lowest BCUT2D eigenvalue weighted by atomic mass is 10.3. The summed E-state index contributed by atoms with van der Waals surface area (Å²) in [6, 6.07) is 6.65. The van der Waals surface area contributed by atoms with Crippen molar-refractivity contribution >= 4 is 44.7 Å². The third-order valence-electron chi connectivity index (χ3n) is 3.54. The van der Waals surface area contributed by atoms with Crippen molar-refractivity contribution in [3.63, 3.8) is 0 Å². The minimum atomic E-state index is -3.56. The molecule has 0 saturated carbocycles. The Morgan fingerprint density at radius 2 is 1.83 bits per heavy atom. The van der Waals surface area contributed by atoms with E-state index in [0.717, 1.165) is 12.8 Å². The molecule has 1 aromatic heterocycles. The molecule has 0 aliphatic carbocycles. The van der Waals surface area contributed by atoms with E-state index in [1.807, 2.05) is 0 Å². The Balaban J connectivity index is 1.99. The second-order valence-corrected chi connectivity index (χ2v) is 7.72. The first-order valence-electron chi connectivity index (χ1n) is 7.03. The summed E-state index contributed by atoms with van der Waals surface area (Å²) in [5.74, 6) is 0.260. The zero-order valence-electron chi connectivity index (χ0n) is 12.0. The monoisotopic (exact) mass is 372 g/mol. The van der Waals surface area contributed by atoms with Crippen LogP contribution in [0, 0.1) is 0 Å². The molecule has 6 nitrogen and oxygen atoms in total. The summed E-state index contributed by atoms with van der Waals surface area (Å²) in [5, 5.41) is 3.22. The lowest BCUT2D eigenvalue weighted by Crippen LogP contribution is -2.28. The van der Waals surface area contributed by atoms with E-state index in [0.29, 0.717) is 18.8 Å². The maximum Gasteiger partial charge on any atom is 0.245 e. The Kier molecular flexibility index (Phi) is 4.72. The largest absolute Gasteiger partial charge is 0.338 e. The normalized spacial score (nSPS) is 15.7. The van der Waals surface area contributed by atoms with Crippen LogP contribution in [0.15, 0.2) is 35.4 Å². The van der Waals surface area contributed by atoms with Crippen LogP contribution in [0.2, 0.25) is 10.3 Å². The minimum Gasteiger partial charge on any atom is -0.338 e. The molecule has 1 fully saturated rings. The molecule has 2 heterocycles. The summed E-state index contributed by atoms with van der Waals surface area (Å²) >= 11 is 11.8. The molecule has 0 atom stereocenters. The van der Waals surface area contributed by atoms with Gasteiger partial charge in [-0.25, -0.2) is 13.4 Å². The Labute approximate surface area is 144 Å². The van der Waals surface area contributed by atoms with Crippen molar-refractivity contribution in [1.29, 1.82) is 0 Å². The van der Waals surface area contributed by atoms with Crippen LogP contribution in [0.25, 0.3) is 0 Å². The van der Waals surface area contributed by atoms with Gasteiger partial charge in [-0.15, -0.1) is 0 Å². The van der Waals surface area contributed by atoms with E-state index in [9.17, 15) is 8.42 Å². The number of nitrogens with one attached hydrogen (secondary N) is 1. The first-order chi connectivity index (χ1) is 11.0. The van der Waals surface area contributed by atoms with E-state index in [-0.39, 0.29) is 21.0 Å². The molecule has 0 amide bonds. The fourth-order valence-corrected chi connectivity index (χ4v) is 4.36. The summed E-state index contributed by atoms with van der Waals surface area (Å²) < 4.78 is 27.1. The SMILES string of the molecule is O=S(=O)(c1ccccc1Nc1nc(Cl)ncc1Cl)N1CCCC1. The minimum absolute atomic E-state index is 0.0248. The topological polar surface area (TPSA) is 75.2 Å². The molecule has 23 heavy (non-hydrogen) atoms. The summed E-state index contributed by atoms with van der Waals surface area (Å²) in [4.78, 5) is 7.95. The molecule has 2 aromatic rings. The number of halogens is 2. The number of anilines is 2. The van der Waals surface area contributed by atoms with Crippen molar-refractivity contribution in [2.24, 2.45) is 0 Å². The molecular weight excluding hydrogens is 359 g/mol. The van der Waals surface area contributed by atoms with Gasteiger partial charge in [0.15, 0.2) is 5.82 Å². The number of benzene rings is 1. The molecule has 1 saturated heterocycles. The summed E-state index contributed by atoms with van der Waals surface area (Å²) in [5.41, 5.74) is 0.399. The molecule has 0 bridgehead atoms. The zero-order chi connectivity index (χ0) is 16.4. The Morgan fingerprint density at radius 3 is 2.57 bits per heavy atom. The number of hydrogen-bond acceptors (Lipinski definition) is 5. The predicted molar refractivity (Wildman–Crippen MR) is 89.8 cm³/mol. The van der Waals surface area contributed by atoms with E-state index in [1.54, 1.807) is 24.3 Å². The van der Waals surface area contributed by atoms with Crippen molar-refractivity contribution < 1.29 is 8.42 Å². The highest BCUT2D eigenvalue weighted by Crippen LogP contribution is 2.31. The second kappa shape index (κ2) is 6.60. The summed E-state index contributed by atoms with van der Waals surface area (Å²) in [7, 11) is -3.56. The van der Waals surface area contributed by atoms with Gasteiger partial charge in [-0.1, -0.05) is 23.7 Å². The van der Waals surface area contributed by atoms with E-state index >= 15 is 0 Å². The molecule has 1 aliphatic rings. The molecule has 3 rings (SSSR count). The van der Waals surface area contributed by atoms with Gasteiger partial charge in [-0.3, -0.25) is 0 Å². The van der Waals surface area contributed by atoms with Gasteiger partial charge in [0.2, 0.25) is 15.3 Å². The zero-order valence-corrected chi connectivity index (χ0v) is 14.4. The van der Waals surface area contributed by atoms with Crippen molar-refractivity contribution in [3.05, 3.63) is 40.8 Å². The van der Waals surface area contributed by atoms with Gasteiger partial charge in [-0.2, -0.15) is 9.29 Å². The van der Waals surface area contributed by atoms with E-state index < -0.39 is 10.0 Å². The fraction of sp³-hybridized carbons (Fsp3) is 0.286. The Hall–Kier alpha value is -1.41. The van der Waals surface area contributed by atoms with Crippen molar-refractivity contribution in [1.82, 2.24) is 14.3 Å². The quantitative estimate of drug-likeness (QED) is 0.833. The molecule has 9 heteroatoms. The number of rotatable bonds is 4.